The first-order valence-electron chi connectivity index (χ1n) is 10.7. The lowest BCUT2D eigenvalue weighted by atomic mass is 10.1. The molecule has 0 spiro atoms. The van der Waals surface area contributed by atoms with Crippen LogP contribution in [0, 0.1) is 0 Å². The van der Waals surface area contributed by atoms with E-state index in [1.54, 1.807) is 6.07 Å². The molecule has 1 aromatic rings. The van der Waals surface area contributed by atoms with Crippen LogP contribution in [0.5, 0.6) is 0 Å². The van der Waals surface area contributed by atoms with Gasteiger partial charge in [-0.15, -0.1) is 0 Å². The molecule has 152 valence electrons. The molecule has 0 bridgehead atoms. The molecule has 0 atom stereocenters. The highest BCUT2D eigenvalue weighted by atomic mass is 16.2. The maximum atomic E-state index is 11.8. The lowest BCUT2D eigenvalue weighted by molar-refractivity contribution is -0.116. The minimum atomic E-state index is -0.449. The molecule has 1 rings (SSSR count). The third-order valence-electron chi connectivity index (χ3n) is 4.61. The summed E-state index contributed by atoms with van der Waals surface area (Å²) in [6.07, 6.45) is 22.7. The molecule has 0 fully saturated rings. The summed E-state index contributed by atoms with van der Waals surface area (Å²) in [7, 11) is 0. The van der Waals surface area contributed by atoms with Crippen molar-refractivity contribution in [2.75, 3.05) is 5.32 Å². The number of rotatable bonds is 16. The van der Waals surface area contributed by atoms with Crippen molar-refractivity contribution in [1.29, 1.82) is 0 Å². The van der Waals surface area contributed by atoms with Crippen LogP contribution in [-0.4, -0.2) is 15.9 Å². The van der Waals surface area contributed by atoms with Crippen molar-refractivity contribution in [2.45, 2.75) is 96.8 Å². The van der Waals surface area contributed by atoms with Crippen LogP contribution in [0.2, 0.25) is 0 Å². The van der Waals surface area contributed by atoms with Gasteiger partial charge >= 0.3 is 5.69 Å². The van der Waals surface area contributed by atoms with E-state index in [2.05, 4.69) is 34.4 Å². The minimum absolute atomic E-state index is 0.0571. The number of hydrogen-bond donors (Lipinski definition) is 2. The van der Waals surface area contributed by atoms with Crippen molar-refractivity contribution in [3.05, 3.63) is 34.9 Å². The second-order valence-electron chi connectivity index (χ2n) is 7.17. The standard InChI is InChI=1S/C22H37N3O2/c1-2-3-4-5-6-7-8-9-10-11-12-13-14-15-16-17-21(26)24-20-18-19-23-22(27)25-20/h7-8,18-19H,2-6,9-17H2,1H3,(H2,23,24,25,26,27)/b8-7+. The number of aromatic amines is 1. The van der Waals surface area contributed by atoms with Crippen LogP contribution in [0.1, 0.15) is 96.8 Å². The summed E-state index contributed by atoms with van der Waals surface area (Å²) >= 11 is 0. The number of nitrogens with zero attached hydrogens (tertiary/aromatic N) is 1. The second kappa shape index (κ2) is 16.3. The predicted octanol–water partition coefficient (Wildman–Crippen LogP) is 5.75. The third kappa shape index (κ3) is 13.9. The van der Waals surface area contributed by atoms with Gasteiger partial charge in [-0.1, -0.05) is 70.4 Å². The van der Waals surface area contributed by atoms with E-state index < -0.39 is 5.69 Å². The summed E-state index contributed by atoms with van der Waals surface area (Å²) in [6, 6.07) is 1.58. The van der Waals surface area contributed by atoms with E-state index in [-0.39, 0.29) is 5.91 Å². The Labute approximate surface area is 164 Å². The molecule has 0 unspecified atom stereocenters. The Morgan fingerprint density at radius 2 is 1.56 bits per heavy atom. The van der Waals surface area contributed by atoms with Crippen LogP contribution in [-0.2, 0) is 4.79 Å². The Bertz CT molecular complexity index is 581. The van der Waals surface area contributed by atoms with Crippen molar-refractivity contribution >= 4 is 11.7 Å². The Balaban J connectivity index is 1.87. The first kappa shape index (κ1) is 23.1. The molecule has 0 aliphatic heterocycles. The van der Waals surface area contributed by atoms with Gasteiger partial charge in [0.15, 0.2) is 0 Å². The molecule has 2 N–H and O–H groups in total. The van der Waals surface area contributed by atoms with Crippen LogP contribution in [0.3, 0.4) is 0 Å². The molecule has 1 heterocycles. The highest BCUT2D eigenvalue weighted by Crippen LogP contribution is 2.11. The van der Waals surface area contributed by atoms with E-state index in [0.29, 0.717) is 12.2 Å². The highest BCUT2D eigenvalue weighted by molar-refractivity contribution is 5.89. The Morgan fingerprint density at radius 3 is 2.19 bits per heavy atom. The van der Waals surface area contributed by atoms with Crippen molar-refractivity contribution < 1.29 is 4.79 Å². The summed E-state index contributed by atoms with van der Waals surface area (Å²) in [4.78, 5) is 28.9. The van der Waals surface area contributed by atoms with E-state index in [0.717, 1.165) is 12.8 Å². The Kier molecular flexibility index (Phi) is 13.9. The first-order valence-corrected chi connectivity index (χ1v) is 10.7. The number of nitrogens with one attached hydrogen (secondary N) is 2. The number of unbranched alkanes of at least 4 members (excludes halogenated alkanes) is 11. The van der Waals surface area contributed by atoms with E-state index >= 15 is 0 Å². The summed E-state index contributed by atoms with van der Waals surface area (Å²) in [5.74, 6) is 0.355. The van der Waals surface area contributed by atoms with Crippen molar-refractivity contribution in [3.8, 4) is 0 Å². The lowest BCUT2D eigenvalue weighted by Gasteiger charge is -2.04. The average molecular weight is 376 g/mol. The van der Waals surface area contributed by atoms with E-state index in [1.165, 1.54) is 76.8 Å². The van der Waals surface area contributed by atoms with E-state index in [1.807, 2.05) is 0 Å². The molecule has 0 saturated carbocycles. The zero-order chi connectivity index (χ0) is 19.6. The quantitative estimate of drug-likeness (QED) is 0.285. The smallest absolute Gasteiger partial charge is 0.312 e. The fraction of sp³-hybridized carbons (Fsp3) is 0.682. The monoisotopic (exact) mass is 375 g/mol. The minimum Gasteiger partial charge on any atom is -0.312 e. The fourth-order valence-electron chi connectivity index (χ4n) is 3.01. The van der Waals surface area contributed by atoms with Gasteiger partial charge in [-0.3, -0.25) is 9.78 Å². The molecule has 0 radical (unpaired) electrons. The normalized spacial score (nSPS) is 11.1. The summed E-state index contributed by atoms with van der Waals surface area (Å²) < 4.78 is 0. The molecular formula is C22H37N3O2. The van der Waals surface area contributed by atoms with Crippen LogP contribution in [0.25, 0.3) is 0 Å². The molecule has 1 aromatic heterocycles. The van der Waals surface area contributed by atoms with Gasteiger partial charge < -0.3 is 5.32 Å². The average Bonchev–Trinajstić information content (AvgIpc) is 2.65. The molecule has 5 heteroatoms. The fourth-order valence-corrected chi connectivity index (χ4v) is 3.01. The number of carbonyl (C=O) groups excluding carboxylic acids is 1. The number of amides is 1. The van der Waals surface area contributed by atoms with Gasteiger partial charge in [0.05, 0.1) is 0 Å². The van der Waals surface area contributed by atoms with Gasteiger partial charge in [0.1, 0.15) is 5.82 Å². The maximum Gasteiger partial charge on any atom is 0.346 e. The SMILES string of the molecule is CCCCCC/C=C/CCCCCCCCCC(=O)Nc1ccnc(=O)[nH]1. The van der Waals surface area contributed by atoms with Gasteiger partial charge in [0.25, 0.3) is 0 Å². The molecule has 0 saturated heterocycles. The van der Waals surface area contributed by atoms with E-state index in [9.17, 15) is 9.59 Å². The number of aromatic nitrogens is 2. The molecule has 1 amide bonds. The molecular weight excluding hydrogens is 338 g/mol. The van der Waals surface area contributed by atoms with Crippen molar-refractivity contribution in [2.24, 2.45) is 0 Å². The van der Waals surface area contributed by atoms with Gasteiger partial charge in [0.2, 0.25) is 5.91 Å². The highest BCUT2D eigenvalue weighted by Gasteiger charge is 2.02. The summed E-state index contributed by atoms with van der Waals surface area (Å²) in [6.45, 7) is 2.25. The molecule has 5 nitrogen and oxygen atoms in total. The predicted molar refractivity (Wildman–Crippen MR) is 113 cm³/mol. The van der Waals surface area contributed by atoms with Gasteiger partial charge in [-0.05, 0) is 38.2 Å². The molecule has 27 heavy (non-hydrogen) atoms. The Morgan fingerprint density at radius 1 is 0.963 bits per heavy atom. The molecule has 0 aromatic carbocycles. The van der Waals surface area contributed by atoms with E-state index in [4.69, 9.17) is 0 Å². The van der Waals surface area contributed by atoms with Crippen molar-refractivity contribution in [3.63, 3.8) is 0 Å². The second-order valence-corrected chi connectivity index (χ2v) is 7.17. The number of H-pyrrole nitrogens is 1. The molecule has 0 aliphatic carbocycles. The largest absolute Gasteiger partial charge is 0.346 e. The van der Waals surface area contributed by atoms with Crippen molar-refractivity contribution in [1.82, 2.24) is 9.97 Å². The number of carbonyl (C=O) groups is 1. The molecule has 0 aliphatic rings. The lowest BCUT2D eigenvalue weighted by Crippen LogP contribution is -2.17. The first-order chi connectivity index (χ1) is 13.2. The summed E-state index contributed by atoms with van der Waals surface area (Å²) in [5, 5.41) is 2.69. The number of anilines is 1. The number of hydrogen-bond acceptors (Lipinski definition) is 3. The zero-order valence-corrected chi connectivity index (χ0v) is 17.0. The zero-order valence-electron chi connectivity index (χ0n) is 17.0. The number of allylic oxidation sites excluding steroid dienone is 2. The third-order valence-corrected chi connectivity index (χ3v) is 4.61. The maximum absolute atomic E-state index is 11.8. The van der Waals surface area contributed by atoms with Crippen LogP contribution in [0.4, 0.5) is 5.82 Å². The van der Waals surface area contributed by atoms with Gasteiger partial charge in [-0.25, -0.2) is 9.78 Å². The van der Waals surface area contributed by atoms with Crippen LogP contribution < -0.4 is 11.0 Å². The van der Waals surface area contributed by atoms with Crippen LogP contribution >= 0.6 is 0 Å². The van der Waals surface area contributed by atoms with Gasteiger partial charge in [-0.2, -0.15) is 0 Å². The Hall–Kier alpha value is -1.91. The van der Waals surface area contributed by atoms with Gasteiger partial charge in [0, 0.05) is 12.6 Å². The topological polar surface area (TPSA) is 74.8 Å². The van der Waals surface area contributed by atoms with Crippen LogP contribution in [0.15, 0.2) is 29.2 Å². The summed E-state index contributed by atoms with van der Waals surface area (Å²) in [5.41, 5.74) is -0.449.